The number of hydrogen-bond acceptors (Lipinski definition) is 8. The third-order valence-corrected chi connectivity index (χ3v) is 9.54. The number of esters is 2. The van der Waals surface area contributed by atoms with Crippen molar-refractivity contribution < 1.29 is 38.1 Å². The van der Waals surface area contributed by atoms with Crippen LogP contribution in [0.2, 0.25) is 0 Å². The second kappa shape index (κ2) is 17.3. The molecule has 0 aromatic carbocycles. The van der Waals surface area contributed by atoms with E-state index in [2.05, 4.69) is 30.7 Å². The van der Waals surface area contributed by atoms with Gasteiger partial charge in [0.05, 0.1) is 19.8 Å². The largest absolute Gasteiger partial charge is 0.463 e. The van der Waals surface area contributed by atoms with Crippen LogP contribution in [0.5, 0.6) is 0 Å². The Morgan fingerprint density at radius 2 is 1.28 bits per heavy atom. The van der Waals surface area contributed by atoms with Crippen LogP contribution in [-0.4, -0.2) is 63.1 Å². The lowest BCUT2D eigenvalue weighted by atomic mass is 9.68. The molecule has 43 heavy (non-hydrogen) atoms. The lowest BCUT2D eigenvalue weighted by Gasteiger charge is -2.39. The van der Waals surface area contributed by atoms with E-state index in [9.17, 15) is 19.2 Å². The molecule has 3 aliphatic carbocycles. The number of carbonyl (C=O) groups excluding carboxylic acids is 4. The van der Waals surface area contributed by atoms with E-state index in [0.717, 1.165) is 76.4 Å². The van der Waals surface area contributed by atoms with Crippen LogP contribution in [0.25, 0.3) is 0 Å². The van der Waals surface area contributed by atoms with Crippen LogP contribution in [0.3, 0.4) is 0 Å². The van der Waals surface area contributed by atoms with E-state index in [1.807, 2.05) is 6.92 Å². The Labute approximate surface area is 256 Å². The fourth-order valence-electron chi connectivity index (χ4n) is 7.54. The van der Waals surface area contributed by atoms with Gasteiger partial charge in [0, 0.05) is 30.7 Å². The second-order valence-corrected chi connectivity index (χ2v) is 12.9. The molecule has 5 atom stereocenters. The van der Waals surface area contributed by atoms with Crippen molar-refractivity contribution >= 4 is 24.1 Å². The molecule has 0 heterocycles. The first-order valence-electron chi connectivity index (χ1n) is 16.1. The maximum Gasteiger partial charge on any atom is 0.407 e. The van der Waals surface area contributed by atoms with Gasteiger partial charge in [0.15, 0.2) is 0 Å². The highest BCUT2D eigenvalue weighted by Crippen LogP contribution is 2.62. The molecule has 0 aromatic heterocycles. The molecular formula is C33H52N2O8. The molecular weight excluding hydrogens is 552 g/mol. The summed E-state index contributed by atoms with van der Waals surface area (Å²) in [6, 6.07) is 0. The third-order valence-electron chi connectivity index (χ3n) is 9.54. The predicted octanol–water partition coefficient (Wildman–Crippen LogP) is 5.70. The van der Waals surface area contributed by atoms with Gasteiger partial charge < -0.3 is 29.6 Å². The van der Waals surface area contributed by atoms with Gasteiger partial charge in [0.2, 0.25) is 0 Å². The monoisotopic (exact) mass is 604 g/mol. The Bertz CT molecular complexity index is 949. The summed E-state index contributed by atoms with van der Waals surface area (Å²) in [4.78, 5) is 46.7. The molecule has 0 saturated heterocycles. The quantitative estimate of drug-likeness (QED) is 0.0882. The van der Waals surface area contributed by atoms with Gasteiger partial charge in [-0.05, 0) is 107 Å². The van der Waals surface area contributed by atoms with Crippen molar-refractivity contribution in [3.63, 3.8) is 0 Å². The number of amides is 2. The SMILES string of the molecule is C=CC(=O)OCCCCCNC(=O)OCC1(C)CC2CC(C1)C1CC(C(C)OC(=O)NCCCCCOC(=O)C=C)CC21. The number of alkyl carbamates (subject to hydrolysis) is 2. The minimum Gasteiger partial charge on any atom is -0.463 e. The summed E-state index contributed by atoms with van der Waals surface area (Å²) in [6.07, 6.45) is 11.8. The zero-order valence-corrected chi connectivity index (χ0v) is 26.1. The molecule has 2 bridgehead atoms. The lowest BCUT2D eigenvalue weighted by molar-refractivity contribution is -0.138. The van der Waals surface area contributed by atoms with Gasteiger partial charge in [-0.25, -0.2) is 19.2 Å². The van der Waals surface area contributed by atoms with E-state index in [4.69, 9.17) is 18.9 Å². The van der Waals surface area contributed by atoms with Gasteiger partial charge in [-0.15, -0.1) is 0 Å². The van der Waals surface area contributed by atoms with E-state index in [1.54, 1.807) is 0 Å². The minimum absolute atomic E-state index is 0.00486. The Balaban J connectivity index is 1.28. The fourth-order valence-corrected chi connectivity index (χ4v) is 7.54. The topological polar surface area (TPSA) is 129 Å². The second-order valence-electron chi connectivity index (χ2n) is 12.9. The molecule has 0 aromatic rings. The lowest BCUT2D eigenvalue weighted by Crippen LogP contribution is -2.36. The molecule has 3 aliphatic rings. The average Bonchev–Trinajstić information content (AvgIpc) is 3.53. The summed E-state index contributed by atoms with van der Waals surface area (Å²) in [5, 5.41) is 5.69. The number of fused-ring (bicyclic) bond motifs is 5. The molecule has 3 saturated carbocycles. The van der Waals surface area contributed by atoms with Crippen molar-refractivity contribution in [1.82, 2.24) is 10.6 Å². The van der Waals surface area contributed by atoms with Gasteiger partial charge in [-0.1, -0.05) is 20.1 Å². The zero-order chi connectivity index (χ0) is 31.2. The van der Waals surface area contributed by atoms with Crippen molar-refractivity contribution in [2.75, 3.05) is 32.9 Å². The van der Waals surface area contributed by atoms with Gasteiger partial charge in [-0.2, -0.15) is 0 Å². The highest BCUT2D eigenvalue weighted by atomic mass is 16.6. The number of ether oxygens (including phenoxy) is 4. The highest BCUT2D eigenvalue weighted by Gasteiger charge is 2.55. The van der Waals surface area contributed by atoms with Crippen LogP contribution >= 0.6 is 0 Å². The molecule has 0 radical (unpaired) electrons. The summed E-state index contributed by atoms with van der Waals surface area (Å²) < 4.78 is 21.3. The molecule has 242 valence electrons. The molecule has 3 fully saturated rings. The first-order chi connectivity index (χ1) is 20.6. The predicted molar refractivity (Wildman–Crippen MR) is 162 cm³/mol. The summed E-state index contributed by atoms with van der Waals surface area (Å²) >= 11 is 0. The van der Waals surface area contributed by atoms with Crippen molar-refractivity contribution in [3.05, 3.63) is 25.3 Å². The van der Waals surface area contributed by atoms with Gasteiger partial charge in [-0.3, -0.25) is 0 Å². The van der Waals surface area contributed by atoms with Crippen LogP contribution in [0.1, 0.15) is 84.5 Å². The van der Waals surface area contributed by atoms with Crippen molar-refractivity contribution in [1.29, 1.82) is 0 Å². The van der Waals surface area contributed by atoms with Crippen LogP contribution in [0.4, 0.5) is 9.59 Å². The van der Waals surface area contributed by atoms with Gasteiger partial charge >= 0.3 is 24.1 Å². The Morgan fingerprint density at radius 3 is 1.79 bits per heavy atom. The van der Waals surface area contributed by atoms with Crippen LogP contribution in [0, 0.1) is 35.0 Å². The van der Waals surface area contributed by atoms with Crippen molar-refractivity contribution in [2.45, 2.75) is 90.6 Å². The first-order valence-corrected chi connectivity index (χ1v) is 16.1. The van der Waals surface area contributed by atoms with Gasteiger partial charge in [0.25, 0.3) is 0 Å². The Hall–Kier alpha value is -3.04. The number of unbranched alkanes of at least 4 members (excludes halogenated alkanes) is 4. The van der Waals surface area contributed by atoms with Crippen LogP contribution in [0.15, 0.2) is 25.3 Å². The maximum absolute atomic E-state index is 12.4. The smallest absolute Gasteiger partial charge is 0.407 e. The van der Waals surface area contributed by atoms with E-state index in [1.165, 1.54) is 6.42 Å². The summed E-state index contributed by atoms with van der Waals surface area (Å²) in [5.74, 6) is 2.13. The van der Waals surface area contributed by atoms with Gasteiger partial charge in [0.1, 0.15) is 6.10 Å². The third kappa shape index (κ3) is 11.2. The molecule has 2 N–H and O–H groups in total. The highest BCUT2D eigenvalue weighted by molar-refractivity contribution is 5.81. The normalized spacial score (nSPS) is 27.7. The van der Waals surface area contributed by atoms with E-state index < -0.39 is 11.9 Å². The molecule has 10 heteroatoms. The molecule has 3 rings (SSSR count). The molecule has 0 spiro atoms. The minimum atomic E-state index is -0.412. The van der Waals surface area contributed by atoms with Crippen molar-refractivity contribution in [3.8, 4) is 0 Å². The number of carbonyl (C=O) groups is 4. The average molecular weight is 605 g/mol. The number of hydrogen-bond donors (Lipinski definition) is 2. The summed E-state index contributed by atoms with van der Waals surface area (Å²) in [5.41, 5.74) is -0.00486. The standard InChI is InChI=1S/C33H52N2O8/c1-5-29(36)40-15-11-7-9-13-34-31(38)42-22-33(4)20-25-17-26(21-33)28-19-24(18-27(25)28)23(3)43-32(39)35-14-10-8-12-16-41-30(37)6-2/h5-6,23-28H,1-2,7-22H2,3-4H3,(H,34,38)(H,35,39). The van der Waals surface area contributed by atoms with E-state index in [-0.39, 0.29) is 23.7 Å². The number of rotatable bonds is 18. The van der Waals surface area contributed by atoms with E-state index >= 15 is 0 Å². The zero-order valence-electron chi connectivity index (χ0n) is 26.1. The summed E-state index contributed by atoms with van der Waals surface area (Å²) in [7, 11) is 0. The fraction of sp³-hybridized carbons (Fsp3) is 0.758. The first kappa shape index (κ1) is 34.5. The molecule has 2 amide bonds. The number of nitrogens with one attached hydrogen (secondary N) is 2. The summed E-state index contributed by atoms with van der Waals surface area (Å²) in [6.45, 7) is 13.2. The van der Waals surface area contributed by atoms with Crippen LogP contribution < -0.4 is 10.6 Å². The molecule has 0 aliphatic heterocycles. The van der Waals surface area contributed by atoms with E-state index in [0.29, 0.717) is 62.5 Å². The van der Waals surface area contributed by atoms with Crippen molar-refractivity contribution in [2.24, 2.45) is 35.0 Å². The maximum atomic E-state index is 12.4. The Morgan fingerprint density at radius 1 is 0.767 bits per heavy atom. The molecule has 10 nitrogen and oxygen atoms in total. The molecule has 5 unspecified atom stereocenters. The Kier molecular flexibility index (Phi) is 13.9. The van der Waals surface area contributed by atoms with Crippen LogP contribution in [-0.2, 0) is 28.5 Å².